The Morgan fingerprint density at radius 1 is 0.302 bits per heavy atom. The Balaban J connectivity index is 1.08. The normalized spacial score (nSPS) is 11.2. The van der Waals surface area contributed by atoms with Gasteiger partial charge in [-0.15, -0.1) is 0 Å². The molecule has 0 aromatic heterocycles. The molecular weight excluding hydrogens is 641 g/mol. The van der Waals surface area contributed by atoms with E-state index in [4.69, 9.17) is 11.5 Å². The van der Waals surface area contributed by atoms with E-state index in [1.807, 2.05) is 24.3 Å². The quantitative estimate of drug-likeness (QED) is 0.0693. The van der Waals surface area contributed by atoms with Gasteiger partial charge in [0.2, 0.25) is 0 Å². The van der Waals surface area contributed by atoms with Crippen LogP contribution in [-0.2, 0) is 44.9 Å². The minimum atomic E-state index is 0.819. The predicted octanol–water partition coefficient (Wildman–Crippen LogP) is 12.3. The molecule has 0 amide bonds. The third kappa shape index (κ3) is 11.5. The van der Waals surface area contributed by atoms with Gasteiger partial charge in [-0.2, -0.15) is 0 Å². The first-order valence-electron chi connectivity index (χ1n) is 20.0. The van der Waals surface area contributed by atoms with Gasteiger partial charge in [-0.05, 0) is 149 Å². The monoisotopic (exact) mass is 698 g/mol. The van der Waals surface area contributed by atoms with Crippen LogP contribution in [0.2, 0.25) is 0 Å². The minimum absolute atomic E-state index is 0.819. The van der Waals surface area contributed by atoms with Crippen molar-refractivity contribution in [1.29, 1.82) is 0 Å². The van der Waals surface area contributed by atoms with E-state index in [9.17, 15) is 0 Å². The predicted molar refractivity (Wildman–Crippen MR) is 228 cm³/mol. The molecule has 0 saturated heterocycles. The van der Waals surface area contributed by atoms with Crippen molar-refractivity contribution in [1.82, 2.24) is 0 Å². The highest BCUT2D eigenvalue weighted by Crippen LogP contribution is 2.24. The van der Waals surface area contributed by atoms with E-state index in [2.05, 4.69) is 123 Å². The molecule has 6 aromatic carbocycles. The molecule has 0 atom stereocenters. The number of nitrogens with two attached hydrogens (primary N) is 2. The van der Waals surface area contributed by atoms with Crippen LogP contribution >= 0.6 is 0 Å². The van der Waals surface area contributed by atoms with Crippen molar-refractivity contribution < 1.29 is 0 Å². The molecule has 2 nitrogen and oxygen atoms in total. The zero-order valence-electron chi connectivity index (χ0n) is 32.0. The first-order chi connectivity index (χ1) is 25.9. The molecule has 0 fully saturated rings. The molecular formula is C51H58N2. The Hall–Kier alpha value is -5.08. The SMILES string of the molecule is CCCCCc1cc(Cc2ccc(N)cc2)ccc1Cc1ccc(Cc2ccc(Cc3ccc(Cc4ccc(N)cc4)cc3CCCCC)cc2)cc1. The van der Waals surface area contributed by atoms with Gasteiger partial charge in [0.1, 0.15) is 0 Å². The number of anilines is 2. The smallest absolute Gasteiger partial charge is 0.0314 e. The highest BCUT2D eigenvalue weighted by atomic mass is 14.5. The standard InChI is InChI=1S/C51H58N2/c1-3-5-7-9-46-36-44(32-40-21-27-50(52)28-22-40)19-25-48(46)34-42-15-11-38(12-16-42)31-39-13-17-43(18-14-39)35-49-26-20-45(37-47(49)10-8-6-4-2)33-41-23-29-51(53)30-24-41/h11-30,36-37H,3-10,31-35,52-53H2,1-2H3. The number of hydrogen-bond donors (Lipinski definition) is 2. The second-order valence-electron chi connectivity index (χ2n) is 15.1. The van der Waals surface area contributed by atoms with Crippen molar-refractivity contribution in [2.24, 2.45) is 0 Å². The van der Waals surface area contributed by atoms with Gasteiger partial charge >= 0.3 is 0 Å². The highest BCUT2D eigenvalue weighted by molar-refractivity contribution is 5.44. The van der Waals surface area contributed by atoms with E-state index in [0.29, 0.717) is 0 Å². The molecule has 272 valence electrons. The summed E-state index contributed by atoms with van der Waals surface area (Å²) < 4.78 is 0. The van der Waals surface area contributed by atoms with Crippen molar-refractivity contribution in [2.45, 2.75) is 97.3 Å². The molecule has 0 aliphatic carbocycles. The van der Waals surface area contributed by atoms with Crippen molar-refractivity contribution in [3.63, 3.8) is 0 Å². The maximum Gasteiger partial charge on any atom is 0.0314 e. The molecule has 0 bridgehead atoms. The van der Waals surface area contributed by atoms with Crippen LogP contribution in [0, 0.1) is 0 Å². The molecule has 0 unspecified atom stereocenters. The Bertz CT molecular complexity index is 1850. The van der Waals surface area contributed by atoms with Crippen LogP contribution in [0.25, 0.3) is 0 Å². The van der Waals surface area contributed by atoms with E-state index in [1.165, 1.54) is 105 Å². The maximum atomic E-state index is 5.92. The second-order valence-corrected chi connectivity index (χ2v) is 15.1. The molecule has 0 aliphatic rings. The molecule has 6 aromatic rings. The molecule has 6 rings (SSSR count). The van der Waals surface area contributed by atoms with Crippen molar-refractivity contribution in [3.8, 4) is 0 Å². The van der Waals surface area contributed by atoms with Crippen LogP contribution in [0.3, 0.4) is 0 Å². The zero-order chi connectivity index (χ0) is 36.8. The Morgan fingerprint density at radius 2 is 0.585 bits per heavy atom. The van der Waals surface area contributed by atoms with Gasteiger partial charge in [0.05, 0.1) is 0 Å². The molecule has 53 heavy (non-hydrogen) atoms. The van der Waals surface area contributed by atoms with Crippen LogP contribution in [0.1, 0.15) is 119 Å². The largest absolute Gasteiger partial charge is 0.399 e. The van der Waals surface area contributed by atoms with Crippen LogP contribution in [0.4, 0.5) is 11.4 Å². The van der Waals surface area contributed by atoms with E-state index >= 15 is 0 Å². The second kappa shape index (κ2) is 19.1. The van der Waals surface area contributed by atoms with Gasteiger partial charge in [-0.1, -0.05) is 149 Å². The van der Waals surface area contributed by atoms with Crippen LogP contribution in [-0.4, -0.2) is 0 Å². The number of unbranched alkanes of at least 4 members (excludes halogenated alkanes) is 4. The summed E-state index contributed by atoms with van der Waals surface area (Å²) in [6.07, 6.45) is 14.6. The number of aryl methyl sites for hydroxylation is 2. The summed E-state index contributed by atoms with van der Waals surface area (Å²) in [5, 5.41) is 0. The van der Waals surface area contributed by atoms with Crippen LogP contribution in [0.5, 0.6) is 0 Å². The Kier molecular flexibility index (Phi) is 13.6. The molecule has 0 radical (unpaired) electrons. The highest BCUT2D eigenvalue weighted by Gasteiger charge is 2.10. The third-order valence-corrected chi connectivity index (χ3v) is 10.7. The lowest BCUT2D eigenvalue weighted by atomic mass is 9.91. The molecule has 0 aliphatic heterocycles. The summed E-state index contributed by atoms with van der Waals surface area (Å²) >= 11 is 0. The summed E-state index contributed by atoms with van der Waals surface area (Å²) in [6.45, 7) is 4.56. The van der Waals surface area contributed by atoms with Crippen molar-refractivity contribution in [2.75, 3.05) is 11.5 Å². The van der Waals surface area contributed by atoms with Gasteiger partial charge in [0.25, 0.3) is 0 Å². The Morgan fingerprint density at radius 3 is 0.925 bits per heavy atom. The van der Waals surface area contributed by atoms with Gasteiger partial charge in [0.15, 0.2) is 0 Å². The Labute approximate surface area is 319 Å². The van der Waals surface area contributed by atoms with Gasteiger partial charge in [-0.25, -0.2) is 0 Å². The third-order valence-electron chi connectivity index (χ3n) is 10.7. The average Bonchev–Trinajstić information content (AvgIpc) is 3.17. The minimum Gasteiger partial charge on any atom is -0.399 e. The zero-order valence-corrected chi connectivity index (χ0v) is 32.0. The summed E-state index contributed by atoms with van der Waals surface area (Å²) in [6, 6.07) is 49.5. The first kappa shape index (κ1) is 37.7. The fourth-order valence-corrected chi connectivity index (χ4v) is 7.49. The molecule has 0 spiro atoms. The summed E-state index contributed by atoms with van der Waals surface area (Å²) in [7, 11) is 0. The van der Waals surface area contributed by atoms with E-state index in [-0.39, 0.29) is 0 Å². The number of rotatable bonds is 18. The van der Waals surface area contributed by atoms with E-state index < -0.39 is 0 Å². The van der Waals surface area contributed by atoms with Crippen LogP contribution in [0.15, 0.2) is 133 Å². The lowest BCUT2D eigenvalue weighted by molar-refractivity contribution is 0.713. The lowest BCUT2D eigenvalue weighted by Gasteiger charge is -2.14. The summed E-state index contributed by atoms with van der Waals surface area (Å²) in [5.74, 6) is 0. The fraction of sp³-hybridized carbons (Fsp3) is 0.294. The fourth-order valence-electron chi connectivity index (χ4n) is 7.49. The van der Waals surface area contributed by atoms with E-state index in [0.717, 1.165) is 56.3 Å². The lowest BCUT2D eigenvalue weighted by Crippen LogP contribution is -2.00. The maximum absolute atomic E-state index is 5.92. The molecule has 0 saturated carbocycles. The average molecular weight is 699 g/mol. The topological polar surface area (TPSA) is 52.0 Å². The molecule has 2 heteroatoms. The number of nitrogen functional groups attached to an aromatic ring is 2. The van der Waals surface area contributed by atoms with Crippen LogP contribution < -0.4 is 11.5 Å². The van der Waals surface area contributed by atoms with Gasteiger partial charge in [0, 0.05) is 11.4 Å². The van der Waals surface area contributed by atoms with Crippen molar-refractivity contribution >= 4 is 11.4 Å². The van der Waals surface area contributed by atoms with Gasteiger partial charge < -0.3 is 11.5 Å². The summed E-state index contributed by atoms with van der Waals surface area (Å²) in [4.78, 5) is 0. The number of hydrogen-bond acceptors (Lipinski definition) is 2. The molecule has 0 heterocycles. The molecule has 4 N–H and O–H groups in total. The first-order valence-corrected chi connectivity index (χ1v) is 20.0. The van der Waals surface area contributed by atoms with E-state index in [1.54, 1.807) is 0 Å². The number of benzene rings is 6. The van der Waals surface area contributed by atoms with Gasteiger partial charge in [-0.3, -0.25) is 0 Å². The van der Waals surface area contributed by atoms with Crippen molar-refractivity contribution in [3.05, 3.63) is 200 Å². The summed E-state index contributed by atoms with van der Waals surface area (Å²) in [5.41, 5.74) is 30.2.